The molecule has 1 unspecified atom stereocenters. The van der Waals surface area contributed by atoms with Gasteiger partial charge < -0.3 is 10.2 Å². The van der Waals surface area contributed by atoms with E-state index >= 15 is 0 Å². The Balaban J connectivity index is 4.86. The van der Waals surface area contributed by atoms with E-state index in [0.717, 1.165) is 12.8 Å². The van der Waals surface area contributed by atoms with Crippen molar-refractivity contribution < 1.29 is 19.8 Å². The molecule has 0 fully saturated rings. The van der Waals surface area contributed by atoms with Gasteiger partial charge in [0.05, 0.1) is 0 Å². The summed E-state index contributed by atoms with van der Waals surface area (Å²) in [6.45, 7) is 5.15. The lowest BCUT2D eigenvalue weighted by Gasteiger charge is -2.29. The molecule has 2 N–H and O–H groups in total. The van der Waals surface area contributed by atoms with Gasteiger partial charge in [-0.3, -0.25) is 9.59 Å². The van der Waals surface area contributed by atoms with Crippen LogP contribution < -0.4 is 0 Å². The van der Waals surface area contributed by atoms with E-state index in [-0.39, 0.29) is 5.92 Å². The molecule has 0 aromatic heterocycles. The molecule has 1 atom stereocenters. The van der Waals surface area contributed by atoms with Crippen molar-refractivity contribution in [3.8, 4) is 0 Å². The predicted octanol–water partition coefficient (Wildman–Crippen LogP) is 2.38. The van der Waals surface area contributed by atoms with Crippen LogP contribution in [-0.4, -0.2) is 22.2 Å². The van der Waals surface area contributed by atoms with E-state index in [9.17, 15) is 9.59 Å². The van der Waals surface area contributed by atoms with Crippen LogP contribution in [-0.2, 0) is 9.59 Å². The van der Waals surface area contributed by atoms with E-state index < -0.39 is 17.4 Å². The van der Waals surface area contributed by atoms with Crippen LogP contribution in [0.4, 0.5) is 0 Å². The highest BCUT2D eigenvalue weighted by molar-refractivity contribution is 5.98. The maximum Gasteiger partial charge on any atom is 0.321 e. The zero-order chi connectivity index (χ0) is 12.1. The molecule has 0 aliphatic heterocycles. The van der Waals surface area contributed by atoms with Gasteiger partial charge in [-0.05, 0) is 19.3 Å². The third-order valence-electron chi connectivity index (χ3n) is 3.10. The monoisotopic (exact) mass is 216 g/mol. The first-order chi connectivity index (χ1) is 6.91. The van der Waals surface area contributed by atoms with Crippen LogP contribution in [0.3, 0.4) is 0 Å². The molecule has 0 saturated heterocycles. The molecule has 0 bridgehead atoms. The molecular formula is C11H20O4. The molecule has 0 spiro atoms. The van der Waals surface area contributed by atoms with Crippen molar-refractivity contribution in [2.75, 3.05) is 0 Å². The highest BCUT2D eigenvalue weighted by Gasteiger charge is 2.47. The zero-order valence-corrected chi connectivity index (χ0v) is 9.62. The second-order valence-electron chi connectivity index (χ2n) is 4.06. The number of aliphatic carboxylic acids is 2. The molecule has 0 aromatic carbocycles. The fraction of sp³-hybridized carbons (Fsp3) is 0.818. The van der Waals surface area contributed by atoms with Gasteiger partial charge in [0, 0.05) is 0 Å². The average Bonchev–Trinajstić information content (AvgIpc) is 2.17. The molecule has 0 saturated carbocycles. The lowest BCUT2D eigenvalue weighted by atomic mass is 9.73. The molecule has 0 radical (unpaired) electrons. The summed E-state index contributed by atoms with van der Waals surface area (Å²) in [5.41, 5.74) is -1.65. The first kappa shape index (κ1) is 13.9. The summed E-state index contributed by atoms with van der Waals surface area (Å²) >= 11 is 0. The Bertz CT molecular complexity index is 221. The van der Waals surface area contributed by atoms with Crippen LogP contribution in [0.15, 0.2) is 0 Å². The normalized spacial score (nSPS) is 13.5. The molecule has 0 rings (SSSR count). The van der Waals surface area contributed by atoms with E-state index in [0.29, 0.717) is 12.8 Å². The average molecular weight is 216 g/mol. The van der Waals surface area contributed by atoms with Gasteiger partial charge in [-0.25, -0.2) is 0 Å². The minimum atomic E-state index is -1.65. The quantitative estimate of drug-likeness (QED) is 0.641. The summed E-state index contributed by atoms with van der Waals surface area (Å²) < 4.78 is 0. The van der Waals surface area contributed by atoms with Gasteiger partial charge >= 0.3 is 11.9 Å². The zero-order valence-electron chi connectivity index (χ0n) is 9.62. The van der Waals surface area contributed by atoms with Gasteiger partial charge in [0.25, 0.3) is 0 Å². The van der Waals surface area contributed by atoms with Crippen LogP contribution >= 0.6 is 0 Å². The second kappa shape index (κ2) is 5.73. The number of rotatable bonds is 7. The number of hydrogen-bond acceptors (Lipinski definition) is 2. The van der Waals surface area contributed by atoms with E-state index in [1.54, 1.807) is 0 Å². The lowest BCUT2D eigenvalue weighted by Crippen LogP contribution is -2.43. The fourth-order valence-electron chi connectivity index (χ4n) is 1.79. The minimum Gasteiger partial charge on any atom is -0.480 e. The molecule has 0 amide bonds. The van der Waals surface area contributed by atoms with Crippen molar-refractivity contribution in [3.05, 3.63) is 0 Å². The SMILES string of the molecule is CCCCC(CC)C(C)(C(=O)O)C(=O)O. The van der Waals surface area contributed by atoms with Crippen LogP contribution in [0.25, 0.3) is 0 Å². The van der Waals surface area contributed by atoms with Crippen molar-refractivity contribution in [2.45, 2.75) is 46.5 Å². The van der Waals surface area contributed by atoms with E-state index in [1.165, 1.54) is 6.92 Å². The predicted molar refractivity (Wildman–Crippen MR) is 56.7 cm³/mol. The highest BCUT2D eigenvalue weighted by atomic mass is 16.4. The van der Waals surface area contributed by atoms with Gasteiger partial charge in [0.15, 0.2) is 5.41 Å². The Hall–Kier alpha value is -1.06. The van der Waals surface area contributed by atoms with Crippen molar-refractivity contribution in [2.24, 2.45) is 11.3 Å². The molecule has 0 heterocycles. The Morgan fingerprint density at radius 1 is 1.20 bits per heavy atom. The number of unbranched alkanes of at least 4 members (excludes halogenated alkanes) is 1. The second-order valence-corrected chi connectivity index (χ2v) is 4.06. The van der Waals surface area contributed by atoms with Gasteiger partial charge in [-0.15, -0.1) is 0 Å². The smallest absolute Gasteiger partial charge is 0.321 e. The minimum absolute atomic E-state index is 0.299. The summed E-state index contributed by atoms with van der Waals surface area (Å²) in [5, 5.41) is 18.0. The van der Waals surface area contributed by atoms with Crippen molar-refractivity contribution in [1.29, 1.82) is 0 Å². The molecule has 0 aromatic rings. The third kappa shape index (κ3) is 2.94. The van der Waals surface area contributed by atoms with Crippen LogP contribution in [0.5, 0.6) is 0 Å². The highest BCUT2D eigenvalue weighted by Crippen LogP contribution is 2.34. The molecule has 15 heavy (non-hydrogen) atoms. The molecule has 4 nitrogen and oxygen atoms in total. The Labute approximate surface area is 90.3 Å². The number of carboxylic acid groups (broad SMARTS) is 2. The standard InChI is InChI=1S/C11H20O4/c1-4-6-7-8(5-2)11(3,9(12)13)10(14)15/h8H,4-7H2,1-3H3,(H,12,13)(H,14,15). The Morgan fingerprint density at radius 2 is 1.67 bits per heavy atom. The molecule has 0 aliphatic rings. The van der Waals surface area contributed by atoms with Gasteiger partial charge in [-0.1, -0.05) is 33.1 Å². The molecule has 4 heteroatoms. The van der Waals surface area contributed by atoms with Crippen molar-refractivity contribution in [1.82, 2.24) is 0 Å². The summed E-state index contributed by atoms with van der Waals surface area (Å²) in [6, 6.07) is 0. The van der Waals surface area contributed by atoms with Gasteiger partial charge in [0.1, 0.15) is 0 Å². The van der Waals surface area contributed by atoms with E-state index in [4.69, 9.17) is 10.2 Å². The number of hydrogen-bond donors (Lipinski definition) is 2. The number of carbonyl (C=O) groups is 2. The molecule has 88 valence electrons. The van der Waals surface area contributed by atoms with Gasteiger partial charge in [0.2, 0.25) is 0 Å². The largest absolute Gasteiger partial charge is 0.480 e. The summed E-state index contributed by atoms with van der Waals surface area (Å²) in [4.78, 5) is 22.1. The summed E-state index contributed by atoms with van der Waals surface area (Å²) in [6.07, 6.45) is 3.05. The van der Waals surface area contributed by atoms with Crippen LogP contribution in [0.2, 0.25) is 0 Å². The topological polar surface area (TPSA) is 74.6 Å². The lowest BCUT2D eigenvalue weighted by molar-refractivity contribution is -0.168. The Kier molecular flexibility index (Phi) is 5.33. The van der Waals surface area contributed by atoms with Crippen molar-refractivity contribution in [3.63, 3.8) is 0 Å². The first-order valence-electron chi connectivity index (χ1n) is 5.37. The number of carboxylic acids is 2. The fourth-order valence-corrected chi connectivity index (χ4v) is 1.79. The maximum atomic E-state index is 11.0. The van der Waals surface area contributed by atoms with Gasteiger partial charge in [-0.2, -0.15) is 0 Å². The molecule has 0 aliphatic carbocycles. The first-order valence-corrected chi connectivity index (χ1v) is 5.37. The van der Waals surface area contributed by atoms with E-state index in [1.807, 2.05) is 13.8 Å². The van der Waals surface area contributed by atoms with E-state index in [2.05, 4.69) is 0 Å². The van der Waals surface area contributed by atoms with Crippen molar-refractivity contribution >= 4 is 11.9 Å². The van der Waals surface area contributed by atoms with Crippen LogP contribution in [0, 0.1) is 11.3 Å². The molecular weight excluding hydrogens is 196 g/mol. The van der Waals surface area contributed by atoms with Crippen LogP contribution in [0.1, 0.15) is 46.5 Å². The third-order valence-corrected chi connectivity index (χ3v) is 3.10. The Morgan fingerprint density at radius 3 is 1.93 bits per heavy atom. The summed E-state index contributed by atoms with van der Waals surface area (Å²) in [5.74, 6) is -2.77. The summed E-state index contributed by atoms with van der Waals surface area (Å²) in [7, 11) is 0. The maximum absolute atomic E-state index is 11.0.